The van der Waals surface area contributed by atoms with Crippen LogP contribution in [0.5, 0.6) is 5.75 Å². The van der Waals surface area contributed by atoms with Gasteiger partial charge >= 0.3 is 0 Å². The molecular formula is C25H28FN5O4. The van der Waals surface area contributed by atoms with Crippen molar-refractivity contribution in [1.29, 1.82) is 0 Å². The highest BCUT2D eigenvalue weighted by Crippen LogP contribution is 2.25. The summed E-state index contributed by atoms with van der Waals surface area (Å²) < 4.78 is 20.7. The average Bonchev–Trinajstić information content (AvgIpc) is 2.83. The first-order valence-corrected chi connectivity index (χ1v) is 11.8. The van der Waals surface area contributed by atoms with Crippen LogP contribution in [0.2, 0.25) is 0 Å². The lowest BCUT2D eigenvalue weighted by Gasteiger charge is -2.36. The van der Waals surface area contributed by atoms with Crippen molar-refractivity contribution < 1.29 is 19.0 Å². The molecule has 0 radical (unpaired) electrons. The highest BCUT2D eigenvalue weighted by molar-refractivity contribution is 5.94. The van der Waals surface area contributed by atoms with Gasteiger partial charge in [0.2, 0.25) is 0 Å². The number of β-amino-alcohol motifs (C(OH)–C–C–N with tert-alkyl or cyclic N) is 1. The number of hydrogen-bond donors (Lipinski definition) is 3. The lowest BCUT2D eigenvalue weighted by Crippen LogP contribution is -2.47. The van der Waals surface area contributed by atoms with Crippen molar-refractivity contribution in [1.82, 2.24) is 19.8 Å². The standard InChI is InChI=1S/C25H28FN5O4/c26-18-3-1-17-2-6-24(34)31(21(17)10-18)8-7-30-13-16(9-20(32)14-30)11-27-12-19-4-5-22-25(28-19)29-23(33)15-35-22/h1-6,10,16,20,27,32H,7-9,11-15H2,(H,28,29,33)/t16-,20-/m0/s1. The molecule has 2 atom stereocenters. The van der Waals surface area contributed by atoms with E-state index in [1.165, 1.54) is 18.2 Å². The number of pyridine rings is 2. The van der Waals surface area contributed by atoms with Crippen molar-refractivity contribution >= 4 is 22.6 Å². The molecule has 1 fully saturated rings. The maximum Gasteiger partial charge on any atom is 0.263 e. The maximum absolute atomic E-state index is 13.8. The fraction of sp³-hybridized carbons (Fsp3) is 0.400. The van der Waals surface area contributed by atoms with Crippen LogP contribution >= 0.6 is 0 Å². The minimum absolute atomic E-state index is 0.00119. The first-order valence-electron chi connectivity index (χ1n) is 11.8. The Kier molecular flexibility index (Phi) is 6.76. The number of nitrogens with zero attached hydrogens (tertiary/aromatic N) is 3. The van der Waals surface area contributed by atoms with E-state index < -0.39 is 6.10 Å². The Hall–Kier alpha value is -3.34. The number of aliphatic hydroxyl groups excluding tert-OH is 1. The zero-order chi connectivity index (χ0) is 24.4. The molecule has 2 aliphatic rings. The van der Waals surface area contributed by atoms with Crippen LogP contribution in [0.25, 0.3) is 10.9 Å². The van der Waals surface area contributed by atoms with Crippen LogP contribution in [-0.2, 0) is 17.9 Å². The normalized spacial score (nSPS) is 20.3. The van der Waals surface area contributed by atoms with E-state index in [0.29, 0.717) is 56.2 Å². The van der Waals surface area contributed by atoms with Crippen LogP contribution in [-0.4, -0.2) is 64.4 Å². The number of nitrogens with one attached hydrogen (secondary N) is 2. The van der Waals surface area contributed by atoms with Crippen molar-refractivity contribution in [3.05, 3.63) is 64.3 Å². The van der Waals surface area contributed by atoms with Gasteiger partial charge in [-0.05, 0) is 60.7 Å². The number of ether oxygens (including phenoxy) is 1. The molecule has 0 aliphatic carbocycles. The maximum atomic E-state index is 13.8. The molecule has 0 bridgehead atoms. The third kappa shape index (κ3) is 5.50. The molecule has 2 aromatic heterocycles. The first-order chi connectivity index (χ1) is 16.9. The fourth-order valence-electron chi connectivity index (χ4n) is 4.84. The van der Waals surface area contributed by atoms with E-state index in [4.69, 9.17) is 4.74 Å². The predicted octanol–water partition coefficient (Wildman–Crippen LogP) is 1.34. The molecular weight excluding hydrogens is 453 g/mol. The van der Waals surface area contributed by atoms with E-state index in [-0.39, 0.29) is 29.8 Å². The summed E-state index contributed by atoms with van der Waals surface area (Å²) >= 11 is 0. The number of rotatable bonds is 7. The number of likely N-dealkylation sites (tertiary alicyclic amines) is 1. The molecule has 0 saturated carbocycles. The molecule has 5 rings (SSSR count). The summed E-state index contributed by atoms with van der Waals surface area (Å²) in [6.07, 6.45) is 0.233. The van der Waals surface area contributed by atoms with Crippen LogP contribution in [0.3, 0.4) is 0 Å². The van der Waals surface area contributed by atoms with E-state index in [0.717, 1.165) is 17.6 Å². The first kappa shape index (κ1) is 23.4. The van der Waals surface area contributed by atoms with Gasteiger partial charge in [-0.2, -0.15) is 0 Å². The van der Waals surface area contributed by atoms with Crippen LogP contribution in [0, 0.1) is 11.7 Å². The minimum Gasteiger partial charge on any atom is -0.480 e. The Bertz CT molecular complexity index is 1300. The molecule has 9 nitrogen and oxygen atoms in total. The molecule has 3 aromatic rings. The van der Waals surface area contributed by atoms with Gasteiger partial charge in [0.25, 0.3) is 11.5 Å². The SMILES string of the molecule is O=C1COc2ccc(CNC[C@@H]3C[C@H](O)CN(CCn4c(=O)ccc5ccc(F)cc54)C3)nc2N1. The summed E-state index contributed by atoms with van der Waals surface area (Å²) in [7, 11) is 0. The number of aromatic nitrogens is 2. The molecule has 35 heavy (non-hydrogen) atoms. The number of amides is 1. The molecule has 4 heterocycles. The minimum atomic E-state index is -0.452. The zero-order valence-corrected chi connectivity index (χ0v) is 19.2. The molecule has 2 aliphatic heterocycles. The highest BCUT2D eigenvalue weighted by Gasteiger charge is 2.26. The Labute approximate surface area is 201 Å². The third-order valence-corrected chi connectivity index (χ3v) is 6.46. The van der Waals surface area contributed by atoms with Crippen molar-refractivity contribution in [2.24, 2.45) is 5.92 Å². The Morgan fingerprint density at radius 3 is 2.89 bits per heavy atom. The Balaban J connectivity index is 1.17. The van der Waals surface area contributed by atoms with Gasteiger partial charge in [-0.3, -0.25) is 14.5 Å². The second-order valence-electron chi connectivity index (χ2n) is 9.16. The van der Waals surface area contributed by atoms with Gasteiger partial charge in [0, 0.05) is 38.8 Å². The van der Waals surface area contributed by atoms with Crippen LogP contribution in [0.4, 0.5) is 10.2 Å². The van der Waals surface area contributed by atoms with Crippen LogP contribution in [0.15, 0.2) is 47.3 Å². The second-order valence-corrected chi connectivity index (χ2v) is 9.16. The molecule has 184 valence electrons. The molecule has 1 saturated heterocycles. The quantitative estimate of drug-likeness (QED) is 0.467. The average molecular weight is 482 g/mol. The number of halogens is 1. The molecule has 1 aromatic carbocycles. The van der Waals surface area contributed by atoms with E-state index in [1.54, 1.807) is 22.8 Å². The van der Waals surface area contributed by atoms with E-state index >= 15 is 0 Å². The van der Waals surface area contributed by atoms with Crippen LogP contribution < -0.4 is 20.9 Å². The molecule has 0 unspecified atom stereocenters. The summed E-state index contributed by atoms with van der Waals surface area (Å²) in [6, 6.07) is 11.3. The number of anilines is 1. The number of aliphatic hydroxyl groups is 1. The molecule has 3 N–H and O–H groups in total. The van der Waals surface area contributed by atoms with Gasteiger partial charge in [0.05, 0.1) is 17.3 Å². The van der Waals surface area contributed by atoms with Crippen molar-refractivity contribution in [2.75, 3.05) is 38.1 Å². The summed E-state index contributed by atoms with van der Waals surface area (Å²) in [5.74, 6) is 0.624. The van der Waals surface area contributed by atoms with Crippen LogP contribution in [0.1, 0.15) is 12.1 Å². The summed E-state index contributed by atoms with van der Waals surface area (Å²) in [5, 5.41) is 17.3. The Morgan fingerprint density at radius 1 is 1.14 bits per heavy atom. The smallest absolute Gasteiger partial charge is 0.263 e. The second kappa shape index (κ2) is 10.1. The monoisotopic (exact) mass is 481 g/mol. The molecule has 0 spiro atoms. The van der Waals surface area contributed by atoms with Crippen molar-refractivity contribution in [2.45, 2.75) is 25.6 Å². The Morgan fingerprint density at radius 2 is 2.00 bits per heavy atom. The van der Waals surface area contributed by atoms with Gasteiger partial charge in [-0.1, -0.05) is 0 Å². The lowest BCUT2D eigenvalue weighted by atomic mass is 9.96. The number of carbonyl (C=O) groups is 1. The number of fused-ring (bicyclic) bond motifs is 2. The summed E-state index contributed by atoms with van der Waals surface area (Å²) in [5.41, 5.74) is 1.19. The summed E-state index contributed by atoms with van der Waals surface area (Å²) in [4.78, 5) is 30.5. The number of carbonyl (C=O) groups excluding carboxylic acids is 1. The zero-order valence-electron chi connectivity index (χ0n) is 19.2. The predicted molar refractivity (Wildman–Crippen MR) is 129 cm³/mol. The third-order valence-electron chi connectivity index (χ3n) is 6.46. The fourth-order valence-corrected chi connectivity index (χ4v) is 4.84. The van der Waals surface area contributed by atoms with E-state index in [1.807, 2.05) is 6.07 Å². The van der Waals surface area contributed by atoms with E-state index in [2.05, 4.69) is 20.5 Å². The van der Waals surface area contributed by atoms with Crippen molar-refractivity contribution in [3.8, 4) is 5.75 Å². The number of benzene rings is 1. The molecule has 10 heteroatoms. The largest absolute Gasteiger partial charge is 0.480 e. The highest BCUT2D eigenvalue weighted by atomic mass is 19.1. The number of hydrogen-bond acceptors (Lipinski definition) is 7. The van der Waals surface area contributed by atoms with Gasteiger partial charge < -0.3 is 25.0 Å². The lowest BCUT2D eigenvalue weighted by molar-refractivity contribution is -0.118. The van der Waals surface area contributed by atoms with Gasteiger partial charge in [0.1, 0.15) is 5.82 Å². The van der Waals surface area contributed by atoms with Crippen molar-refractivity contribution in [3.63, 3.8) is 0 Å². The van der Waals surface area contributed by atoms with E-state index in [9.17, 15) is 19.1 Å². The number of piperidine rings is 1. The molecule has 1 amide bonds. The summed E-state index contributed by atoms with van der Waals surface area (Å²) in [6.45, 7) is 3.52. The topological polar surface area (TPSA) is 109 Å². The van der Waals surface area contributed by atoms with Gasteiger partial charge in [-0.15, -0.1) is 0 Å². The van der Waals surface area contributed by atoms with Gasteiger partial charge in [0.15, 0.2) is 18.2 Å². The van der Waals surface area contributed by atoms with Gasteiger partial charge in [-0.25, -0.2) is 9.37 Å².